The summed E-state index contributed by atoms with van der Waals surface area (Å²) in [6.07, 6.45) is 8.39. The molecule has 2 unspecified atom stereocenters. The van der Waals surface area contributed by atoms with E-state index in [2.05, 4.69) is 29.3 Å². The molecule has 1 fully saturated rings. The monoisotopic (exact) mass is 310 g/mol. The number of aromatic nitrogens is 2. The molecule has 0 aliphatic heterocycles. The topological polar surface area (TPSA) is 56.0 Å². The maximum absolute atomic E-state index is 12.1. The van der Waals surface area contributed by atoms with Crippen molar-refractivity contribution in [3.8, 4) is 11.5 Å². The molecule has 1 aromatic heterocycles. The lowest BCUT2D eigenvalue weighted by Crippen LogP contribution is -2.16. The van der Waals surface area contributed by atoms with Gasteiger partial charge in [-0.05, 0) is 37.3 Å². The van der Waals surface area contributed by atoms with Gasteiger partial charge in [0.2, 0.25) is 11.8 Å². The van der Waals surface area contributed by atoms with Gasteiger partial charge in [0.25, 0.3) is 0 Å². The van der Waals surface area contributed by atoms with E-state index in [1.54, 1.807) is 0 Å². The van der Waals surface area contributed by atoms with E-state index in [1.165, 1.54) is 0 Å². The number of hydrogen-bond donors (Lipinski definition) is 0. The largest absolute Gasteiger partial charge is 0.421 e. The van der Waals surface area contributed by atoms with Gasteiger partial charge in [-0.1, -0.05) is 37.3 Å². The summed E-state index contributed by atoms with van der Waals surface area (Å²) in [7, 11) is 0. The molecule has 3 rings (SSSR count). The molecule has 1 aliphatic carbocycles. The minimum absolute atomic E-state index is 0.102. The van der Waals surface area contributed by atoms with Gasteiger partial charge in [0.15, 0.2) is 0 Å². The van der Waals surface area contributed by atoms with Crippen molar-refractivity contribution in [2.24, 2.45) is 11.8 Å². The molecule has 0 N–H and O–H groups in total. The lowest BCUT2D eigenvalue weighted by molar-refractivity contribution is -0.121. The highest BCUT2D eigenvalue weighted by Crippen LogP contribution is 2.34. The summed E-state index contributed by atoms with van der Waals surface area (Å²) in [5.41, 5.74) is 0.927. The van der Waals surface area contributed by atoms with E-state index < -0.39 is 0 Å². The fourth-order valence-corrected chi connectivity index (χ4v) is 3.21. The third kappa shape index (κ3) is 3.76. The Balaban J connectivity index is 1.68. The standard InChI is InChI=1S/C19H22N2O2/c1-2-3-5-10-16-15(11-12-17(16)22)13-18-20-21-19(23-18)14-8-6-4-7-9-14/h3-9,15-16H,2,10-13H2,1H3/b5-3+. The maximum Gasteiger partial charge on any atom is 0.247 e. The van der Waals surface area contributed by atoms with Crippen LogP contribution in [0.4, 0.5) is 0 Å². The first-order valence-corrected chi connectivity index (χ1v) is 8.33. The minimum atomic E-state index is 0.102. The smallest absolute Gasteiger partial charge is 0.247 e. The number of Topliss-reactive ketones (excluding diaryl/α,β-unsaturated/α-hetero) is 1. The van der Waals surface area contributed by atoms with Gasteiger partial charge in [-0.2, -0.15) is 0 Å². The zero-order valence-electron chi connectivity index (χ0n) is 13.4. The van der Waals surface area contributed by atoms with E-state index >= 15 is 0 Å². The number of hydrogen-bond acceptors (Lipinski definition) is 4. The predicted octanol–water partition coefficient (Wildman–Crippen LogP) is 4.23. The van der Waals surface area contributed by atoms with Crippen LogP contribution in [0.1, 0.15) is 38.5 Å². The molecule has 0 radical (unpaired) electrons. The molecule has 1 aliphatic rings. The summed E-state index contributed by atoms with van der Waals surface area (Å²) in [5.74, 6) is 1.97. The van der Waals surface area contributed by atoms with Crippen LogP contribution in [0.25, 0.3) is 11.5 Å². The summed E-state index contributed by atoms with van der Waals surface area (Å²) in [6, 6.07) is 9.76. The molecule has 120 valence electrons. The number of carbonyl (C=O) groups excluding carboxylic acids is 1. The second kappa shape index (κ2) is 7.36. The van der Waals surface area contributed by atoms with Crippen molar-refractivity contribution in [1.82, 2.24) is 10.2 Å². The van der Waals surface area contributed by atoms with Crippen molar-refractivity contribution in [2.75, 3.05) is 0 Å². The highest BCUT2D eigenvalue weighted by atomic mass is 16.4. The second-order valence-electron chi connectivity index (χ2n) is 6.06. The van der Waals surface area contributed by atoms with Crippen molar-refractivity contribution < 1.29 is 9.21 Å². The third-order valence-corrected chi connectivity index (χ3v) is 4.46. The van der Waals surface area contributed by atoms with Crippen LogP contribution in [0.15, 0.2) is 46.9 Å². The number of allylic oxidation sites excluding steroid dienone is 2. The summed E-state index contributed by atoms with van der Waals surface area (Å²) < 4.78 is 5.79. The molecule has 0 bridgehead atoms. The predicted molar refractivity (Wildman–Crippen MR) is 88.7 cm³/mol. The van der Waals surface area contributed by atoms with Crippen LogP contribution < -0.4 is 0 Å². The maximum atomic E-state index is 12.1. The third-order valence-electron chi connectivity index (χ3n) is 4.46. The Labute approximate surface area is 136 Å². The van der Waals surface area contributed by atoms with Crippen molar-refractivity contribution in [3.05, 3.63) is 48.4 Å². The zero-order chi connectivity index (χ0) is 16.1. The van der Waals surface area contributed by atoms with Crippen LogP contribution in [0.3, 0.4) is 0 Å². The van der Waals surface area contributed by atoms with Crippen molar-refractivity contribution in [2.45, 2.75) is 39.0 Å². The highest BCUT2D eigenvalue weighted by molar-refractivity contribution is 5.83. The molecule has 2 atom stereocenters. The van der Waals surface area contributed by atoms with E-state index in [9.17, 15) is 4.79 Å². The van der Waals surface area contributed by atoms with Gasteiger partial charge in [0.1, 0.15) is 5.78 Å². The van der Waals surface area contributed by atoms with Gasteiger partial charge in [0, 0.05) is 24.3 Å². The van der Waals surface area contributed by atoms with E-state index in [0.717, 1.165) is 24.8 Å². The summed E-state index contributed by atoms with van der Waals surface area (Å²) >= 11 is 0. The van der Waals surface area contributed by atoms with Crippen LogP contribution in [0, 0.1) is 11.8 Å². The Kier molecular flexibility index (Phi) is 5.01. The number of nitrogens with zero attached hydrogens (tertiary/aromatic N) is 2. The van der Waals surface area contributed by atoms with E-state index in [4.69, 9.17) is 4.42 Å². The van der Waals surface area contributed by atoms with Crippen LogP contribution in [0.2, 0.25) is 0 Å². The number of rotatable bonds is 6. The average Bonchev–Trinajstić information content (AvgIpc) is 3.18. The molecule has 1 saturated carbocycles. The van der Waals surface area contributed by atoms with Gasteiger partial charge in [-0.15, -0.1) is 10.2 Å². The molecule has 2 aromatic rings. The molecular formula is C19H22N2O2. The number of ketones is 1. The zero-order valence-corrected chi connectivity index (χ0v) is 13.4. The molecule has 0 spiro atoms. The van der Waals surface area contributed by atoms with Crippen LogP contribution in [-0.4, -0.2) is 16.0 Å². The van der Waals surface area contributed by atoms with Gasteiger partial charge < -0.3 is 4.42 Å². The van der Waals surface area contributed by atoms with Crippen LogP contribution in [0.5, 0.6) is 0 Å². The first-order valence-electron chi connectivity index (χ1n) is 8.33. The van der Waals surface area contributed by atoms with Crippen molar-refractivity contribution >= 4 is 5.78 Å². The average molecular weight is 310 g/mol. The Morgan fingerprint density at radius 2 is 2.04 bits per heavy atom. The SMILES string of the molecule is CC/C=C/CC1C(=O)CCC1Cc1nnc(-c2ccccc2)o1. The Morgan fingerprint density at radius 1 is 1.22 bits per heavy atom. The van der Waals surface area contributed by atoms with E-state index in [-0.39, 0.29) is 5.92 Å². The summed E-state index contributed by atoms with van der Waals surface area (Å²) in [6.45, 7) is 2.11. The Hall–Kier alpha value is -2.23. The first-order chi connectivity index (χ1) is 11.3. The number of benzene rings is 1. The fourth-order valence-electron chi connectivity index (χ4n) is 3.21. The molecule has 4 heteroatoms. The summed E-state index contributed by atoms with van der Waals surface area (Å²) in [4.78, 5) is 12.1. The minimum Gasteiger partial charge on any atom is -0.421 e. The second-order valence-corrected chi connectivity index (χ2v) is 6.06. The fraction of sp³-hybridized carbons (Fsp3) is 0.421. The molecular weight excluding hydrogens is 288 g/mol. The van der Waals surface area contributed by atoms with Gasteiger partial charge >= 0.3 is 0 Å². The van der Waals surface area contributed by atoms with Gasteiger partial charge in [0.05, 0.1) is 0 Å². The Bertz CT molecular complexity index is 676. The molecule has 1 heterocycles. The van der Waals surface area contributed by atoms with Crippen molar-refractivity contribution in [3.63, 3.8) is 0 Å². The normalized spacial score (nSPS) is 21.3. The molecule has 4 nitrogen and oxygen atoms in total. The molecule has 0 saturated heterocycles. The molecule has 23 heavy (non-hydrogen) atoms. The quantitative estimate of drug-likeness (QED) is 0.749. The molecule has 1 aromatic carbocycles. The molecule has 0 amide bonds. The van der Waals surface area contributed by atoms with Crippen LogP contribution in [-0.2, 0) is 11.2 Å². The van der Waals surface area contributed by atoms with E-state index in [0.29, 0.717) is 36.3 Å². The van der Waals surface area contributed by atoms with E-state index in [1.807, 2.05) is 30.3 Å². The highest BCUT2D eigenvalue weighted by Gasteiger charge is 2.34. The first kappa shape index (κ1) is 15.7. The summed E-state index contributed by atoms with van der Waals surface area (Å²) in [5, 5.41) is 8.30. The van der Waals surface area contributed by atoms with Crippen molar-refractivity contribution in [1.29, 1.82) is 0 Å². The van der Waals surface area contributed by atoms with Gasteiger partial charge in [-0.3, -0.25) is 4.79 Å². The number of carbonyl (C=O) groups is 1. The van der Waals surface area contributed by atoms with Crippen LogP contribution >= 0.6 is 0 Å². The Morgan fingerprint density at radius 3 is 2.83 bits per heavy atom. The lowest BCUT2D eigenvalue weighted by atomic mass is 9.89. The lowest BCUT2D eigenvalue weighted by Gasteiger charge is -2.14. The van der Waals surface area contributed by atoms with Gasteiger partial charge in [-0.25, -0.2) is 0 Å².